The van der Waals surface area contributed by atoms with Crippen molar-refractivity contribution in [3.8, 4) is 0 Å². The molecule has 2 amide bonds. The van der Waals surface area contributed by atoms with Crippen molar-refractivity contribution < 1.29 is 23.9 Å². The van der Waals surface area contributed by atoms with E-state index in [-0.39, 0.29) is 18.6 Å². The van der Waals surface area contributed by atoms with Crippen LogP contribution in [0, 0.1) is 0 Å². The lowest BCUT2D eigenvalue weighted by molar-refractivity contribution is -0.155. The Morgan fingerprint density at radius 2 is 1.90 bits per heavy atom. The van der Waals surface area contributed by atoms with Crippen LogP contribution in [0.3, 0.4) is 0 Å². The Labute approximate surface area is 171 Å². The van der Waals surface area contributed by atoms with Crippen molar-refractivity contribution in [2.75, 3.05) is 0 Å². The number of carbonyl (C=O) groups excluding carboxylic acids is 3. The van der Waals surface area contributed by atoms with Crippen molar-refractivity contribution in [2.45, 2.75) is 70.4 Å². The van der Waals surface area contributed by atoms with Gasteiger partial charge in [0.25, 0.3) is 0 Å². The van der Waals surface area contributed by atoms with Crippen molar-refractivity contribution >= 4 is 18.0 Å². The first-order valence-electron chi connectivity index (χ1n) is 9.93. The Morgan fingerprint density at radius 1 is 1.17 bits per heavy atom. The third-order valence-corrected chi connectivity index (χ3v) is 4.93. The van der Waals surface area contributed by atoms with Crippen LogP contribution in [0.15, 0.2) is 42.5 Å². The van der Waals surface area contributed by atoms with Crippen LogP contribution < -0.4 is 5.32 Å². The fraction of sp³-hybridized carbons (Fsp3) is 0.500. The minimum atomic E-state index is -0.864. The highest BCUT2D eigenvalue weighted by atomic mass is 16.6. The molecule has 0 bridgehead atoms. The standard InChI is InChI=1S/C22H28N2O5/c1-22(2,3)29-21(27)23-17-11-7-10-16-12-13-18(24(16)19(17)25)20(26)28-14-15-8-5-4-6-9-15/h4-9,11,16-18H,10,12-14H2,1-3H3,(H,23,27)/t16-,17+,18-/m0/s1. The van der Waals surface area contributed by atoms with Crippen molar-refractivity contribution in [3.05, 3.63) is 48.0 Å². The van der Waals surface area contributed by atoms with Gasteiger partial charge < -0.3 is 19.7 Å². The molecule has 2 aliphatic heterocycles. The zero-order valence-electron chi connectivity index (χ0n) is 17.1. The Hall–Kier alpha value is -2.83. The maximum Gasteiger partial charge on any atom is 0.408 e. The fourth-order valence-corrected chi connectivity index (χ4v) is 3.66. The molecule has 0 radical (unpaired) electrons. The number of hydrogen-bond acceptors (Lipinski definition) is 5. The number of benzene rings is 1. The quantitative estimate of drug-likeness (QED) is 0.620. The molecular formula is C22H28N2O5. The summed E-state index contributed by atoms with van der Waals surface area (Å²) in [5.74, 6) is -0.726. The van der Waals surface area contributed by atoms with Crippen LogP contribution in [0.1, 0.15) is 45.6 Å². The van der Waals surface area contributed by atoms with Gasteiger partial charge in [0.1, 0.15) is 24.3 Å². The molecular weight excluding hydrogens is 372 g/mol. The van der Waals surface area contributed by atoms with Gasteiger partial charge in [-0.25, -0.2) is 9.59 Å². The molecule has 1 saturated heterocycles. The predicted octanol–water partition coefficient (Wildman–Crippen LogP) is 2.94. The van der Waals surface area contributed by atoms with Gasteiger partial charge >= 0.3 is 12.1 Å². The molecule has 7 nitrogen and oxygen atoms in total. The summed E-state index contributed by atoms with van der Waals surface area (Å²) in [6.07, 6.45) is 4.79. The van der Waals surface area contributed by atoms with E-state index in [0.717, 1.165) is 12.0 Å². The number of nitrogens with zero attached hydrogens (tertiary/aromatic N) is 1. The first-order chi connectivity index (χ1) is 13.7. The van der Waals surface area contributed by atoms with Gasteiger partial charge in [0.05, 0.1) is 0 Å². The lowest BCUT2D eigenvalue weighted by atomic mass is 10.1. The Balaban J connectivity index is 1.66. The Bertz CT molecular complexity index is 784. The molecule has 1 aromatic carbocycles. The highest BCUT2D eigenvalue weighted by molar-refractivity contribution is 5.92. The number of ether oxygens (including phenoxy) is 2. The molecule has 3 atom stereocenters. The van der Waals surface area contributed by atoms with Gasteiger partial charge in [-0.2, -0.15) is 0 Å². The van der Waals surface area contributed by atoms with E-state index in [0.29, 0.717) is 12.8 Å². The van der Waals surface area contributed by atoms with Crippen molar-refractivity contribution in [3.63, 3.8) is 0 Å². The van der Waals surface area contributed by atoms with Crippen LogP contribution in [0.5, 0.6) is 0 Å². The lowest BCUT2D eigenvalue weighted by Crippen LogP contribution is -2.53. The minimum Gasteiger partial charge on any atom is -0.459 e. The number of hydrogen-bond donors (Lipinski definition) is 1. The molecule has 0 unspecified atom stereocenters. The number of nitrogens with one attached hydrogen (secondary N) is 1. The summed E-state index contributed by atoms with van der Waals surface area (Å²) in [4.78, 5) is 39.5. The van der Waals surface area contributed by atoms with E-state index in [1.165, 1.54) is 0 Å². The number of carbonyl (C=O) groups is 3. The molecule has 3 rings (SSSR count). The monoisotopic (exact) mass is 400 g/mol. The van der Waals surface area contributed by atoms with E-state index in [9.17, 15) is 14.4 Å². The number of fused-ring (bicyclic) bond motifs is 1. The summed E-state index contributed by atoms with van der Waals surface area (Å²) in [5, 5.41) is 2.60. The highest BCUT2D eigenvalue weighted by Crippen LogP contribution is 2.30. The van der Waals surface area contributed by atoms with Gasteiger partial charge in [0.15, 0.2) is 0 Å². The molecule has 7 heteroatoms. The van der Waals surface area contributed by atoms with E-state index in [1.54, 1.807) is 31.7 Å². The van der Waals surface area contributed by atoms with Crippen molar-refractivity contribution in [2.24, 2.45) is 0 Å². The Morgan fingerprint density at radius 3 is 2.59 bits per heavy atom. The smallest absolute Gasteiger partial charge is 0.408 e. The second-order valence-electron chi connectivity index (χ2n) is 8.37. The van der Waals surface area contributed by atoms with Crippen molar-refractivity contribution in [1.29, 1.82) is 0 Å². The summed E-state index contributed by atoms with van der Waals surface area (Å²) >= 11 is 0. The van der Waals surface area contributed by atoms with E-state index >= 15 is 0 Å². The van der Waals surface area contributed by atoms with E-state index in [1.807, 2.05) is 36.4 Å². The summed E-state index contributed by atoms with van der Waals surface area (Å²) < 4.78 is 10.7. The molecule has 29 heavy (non-hydrogen) atoms. The maximum absolute atomic E-state index is 13.1. The summed E-state index contributed by atoms with van der Waals surface area (Å²) in [7, 11) is 0. The van der Waals surface area contributed by atoms with Crippen LogP contribution in [0.2, 0.25) is 0 Å². The minimum absolute atomic E-state index is 0.0709. The van der Waals surface area contributed by atoms with Crippen LogP contribution in [-0.2, 0) is 25.7 Å². The molecule has 2 heterocycles. The van der Waals surface area contributed by atoms with Gasteiger partial charge in [-0.3, -0.25) is 4.79 Å². The van der Waals surface area contributed by atoms with Crippen LogP contribution in [-0.4, -0.2) is 46.6 Å². The molecule has 0 saturated carbocycles. The average Bonchev–Trinajstić information content (AvgIpc) is 3.01. The molecule has 1 fully saturated rings. The van der Waals surface area contributed by atoms with Gasteiger partial charge in [-0.05, 0) is 45.6 Å². The molecule has 156 valence electrons. The zero-order chi connectivity index (χ0) is 21.0. The summed E-state index contributed by atoms with van der Waals surface area (Å²) in [6.45, 7) is 5.44. The average molecular weight is 400 g/mol. The molecule has 0 aromatic heterocycles. The predicted molar refractivity (Wildman–Crippen MR) is 107 cm³/mol. The highest BCUT2D eigenvalue weighted by Gasteiger charge is 2.44. The van der Waals surface area contributed by atoms with E-state index < -0.39 is 29.7 Å². The van der Waals surface area contributed by atoms with E-state index in [2.05, 4.69) is 5.32 Å². The van der Waals surface area contributed by atoms with Gasteiger partial charge in [-0.15, -0.1) is 0 Å². The van der Waals surface area contributed by atoms with Crippen LogP contribution in [0.4, 0.5) is 4.79 Å². The molecule has 2 aliphatic rings. The van der Waals surface area contributed by atoms with Crippen molar-refractivity contribution in [1.82, 2.24) is 10.2 Å². The van der Waals surface area contributed by atoms with Crippen LogP contribution >= 0.6 is 0 Å². The largest absolute Gasteiger partial charge is 0.459 e. The second-order valence-corrected chi connectivity index (χ2v) is 8.37. The molecule has 1 N–H and O–H groups in total. The molecule has 0 spiro atoms. The number of alkyl carbamates (subject to hydrolysis) is 1. The second kappa shape index (κ2) is 8.68. The third kappa shape index (κ3) is 5.37. The summed E-state index contributed by atoms with van der Waals surface area (Å²) in [5.41, 5.74) is 0.227. The van der Waals surface area contributed by atoms with Crippen LogP contribution in [0.25, 0.3) is 0 Å². The van der Waals surface area contributed by atoms with Gasteiger partial charge in [0, 0.05) is 6.04 Å². The van der Waals surface area contributed by atoms with Gasteiger partial charge in [-0.1, -0.05) is 42.5 Å². The van der Waals surface area contributed by atoms with E-state index in [4.69, 9.17) is 9.47 Å². The van der Waals surface area contributed by atoms with Gasteiger partial charge in [0.2, 0.25) is 5.91 Å². The number of amides is 2. The third-order valence-electron chi connectivity index (χ3n) is 4.93. The first kappa shape index (κ1) is 20.9. The topological polar surface area (TPSA) is 84.9 Å². The SMILES string of the molecule is CC(C)(C)OC(=O)N[C@@H]1C=CC[C@H]2CC[C@@H](C(=O)OCc3ccccc3)N2C1=O. The normalized spacial score (nSPS) is 23.9. The first-order valence-corrected chi connectivity index (χ1v) is 9.93. The molecule has 0 aliphatic carbocycles. The zero-order valence-corrected chi connectivity index (χ0v) is 17.1. The number of esters is 1. The lowest BCUT2D eigenvalue weighted by Gasteiger charge is -2.30. The Kier molecular flexibility index (Phi) is 6.25. The fourth-order valence-electron chi connectivity index (χ4n) is 3.66. The molecule has 1 aromatic rings. The number of rotatable bonds is 4. The summed E-state index contributed by atoms with van der Waals surface area (Å²) in [6, 6.07) is 7.85. The maximum atomic E-state index is 13.1.